The molecule has 0 N–H and O–H groups in total. The van der Waals surface area contributed by atoms with Crippen molar-refractivity contribution in [1.29, 1.82) is 0 Å². The number of hydrogen-bond acceptors (Lipinski definition) is 7. The van der Waals surface area contributed by atoms with E-state index in [0.717, 1.165) is 54.1 Å². The summed E-state index contributed by atoms with van der Waals surface area (Å²) in [6.07, 6.45) is 5.96. The van der Waals surface area contributed by atoms with Crippen LogP contribution in [0.25, 0.3) is 0 Å². The van der Waals surface area contributed by atoms with Gasteiger partial charge >= 0.3 is 43.8 Å². The zero-order valence-electron chi connectivity index (χ0n) is 29.9. The van der Waals surface area contributed by atoms with Crippen LogP contribution in [0, 0.1) is 0 Å². The van der Waals surface area contributed by atoms with E-state index in [1.165, 1.54) is 0 Å². The molecule has 0 aliphatic carbocycles. The fourth-order valence-corrected chi connectivity index (χ4v) is 25.1. The Bertz CT molecular complexity index is 1280. The van der Waals surface area contributed by atoms with E-state index in [9.17, 15) is 0 Å². The lowest BCUT2D eigenvalue weighted by Crippen LogP contribution is -2.70. The predicted octanol–water partition coefficient (Wildman–Crippen LogP) is 7.13. The van der Waals surface area contributed by atoms with Crippen molar-refractivity contribution in [2.45, 2.75) is 92.0 Å². The molecule has 4 unspecified atom stereocenters. The molecule has 0 fully saturated rings. The molecule has 1 radical (unpaired) electrons. The van der Waals surface area contributed by atoms with Crippen LogP contribution < -0.4 is 15.6 Å². The molecule has 7 nitrogen and oxygen atoms in total. The molecular formula is C35H57O7Si5. The third-order valence-electron chi connectivity index (χ3n) is 7.92. The molecule has 3 aromatic carbocycles. The van der Waals surface area contributed by atoms with Crippen LogP contribution in [0.15, 0.2) is 91.0 Å². The zero-order valence-corrected chi connectivity index (χ0v) is 34.9. The molecule has 0 bridgehead atoms. The van der Waals surface area contributed by atoms with Crippen molar-refractivity contribution in [3.05, 3.63) is 91.0 Å². The van der Waals surface area contributed by atoms with Gasteiger partial charge in [0.05, 0.1) is 0 Å². The third kappa shape index (κ3) is 12.4. The van der Waals surface area contributed by atoms with Gasteiger partial charge in [0, 0.05) is 26.4 Å². The molecule has 4 atom stereocenters. The van der Waals surface area contributed by atoms with Crippen LogP contribution in [0.5, 0.6) is 0 Å². The van der Waals surface area contributed by atoms with Gasteiger partial charge in [-0.05, 0) is 61.0 Å². The molecule has 3 rings (SSSR count). The highest BCUT2D eigenvalue weighted by Crippen LogP contribution is 2.27. The molecule has 0 aliphatic rings. The fraction of sp³-hybridized carbons (Fsp3) is 0.486. The van der Waals surface area contributed by atoms with Gasteiger partial charge in [0.25, 0.3) is 0 Å². The minimum atomic E-state index is -3.43. The largest absolute Gasteiger partial charge is 0.480 e. The van der Waals surface area contributed by atoms with Gasteiger partial charge in [-0.3, -0.25) is 0 Å². The Balaban J connectivity index is 2.09. The van der Waals surface area contributed by atoms with Crippen molar-refractivity contribution in [2.24, 2.45) is 0 Å². The molecule has 0 spiro atoms. The van der Waals surface area contributed by atoms with Crippen LogP contribution in [0.3, 0.4) is 0 Å². The topological polar surface area (TPSA) is 64.6 Å². The van der Waals surface area contributed by atoms with E-state index in [-0.39, 0.29) is 0 Å². The second kappa shape index (κ2) is 19.6. The molecule has 3 aromatic rings. The molecule has 0 saturated heterocycles. The van der Waals surface area contributed by atoms with Crippen molar-refractivity contribution < 1.29 is 29.7 Å². The molecule has 0 amide bonds. The van der Waals surface area contributed by atoms with Gasteiger partial charge < -0.3 is 29.7 Å². The second-order valence-corrected chi connectivity index (χ2v) is 26.5. The normalized spacial score (nSPS) is 17.0. The van der Waals surface area contributed by atoms with E-state index in [1.807, 2.05) is 61.1 Å². The maximum absolute atomic E-state index is 7.42. The Kier molecular flexibility index (Phi) is 16.6. The molecule has 0 heterocycles. The van der Waals surface area contributed by atoms with Crippen molar-refractivity contribution in [2.75, 3.05) is 19.8 Å². The summed E-state index contributed by atoms with van der Waals surface area (Å²) in [5, 5.41) is 3.08. The Labute approximate surface area is 290 Å². The zero-order chi connectivity index (χ0) is 34.2. The average Bonchev–Trinajstić information content (AvgIpc) is 3.06. The van der Waals surface area contributed by atoms with Crippen molar-refractivity contribution >= 4 is 59.3 Å². The lowest BCUT2D eigenvalue weighted by atomic mass is 10.4. The average molecular weight is 730 g/mol. The van der Waals surface area contributed by atoms with E-state index in [0.29, 0.717) is 19.8 Å². The van der Waals surface area contributed by atoms with Crippen LogP contribution in [-0.4, -0.2) is 63.6 Å². The van der Waals surface area contributed by atoms with E-state index < -0.39 is 43.8 Å². The Hall–Kier alpha value is -1.54. The Morgan fingerprint density at radius 1 is 0.489 bits per heavy atom. The standard InChI is InChI=1S/C35H57O7Si5/c1-9-12-30-36-43(4)39-45(6,34-26-20-16-21-27-34)40-46(7,35-28-22-17-23-29-35)42-47(8,38-32-14-11-3)41-44(5,37-31-13-10-2)33-24-18-15-19-25-33/h15-29H,9-14,30-32H2,1-8H3. The van der Waals surface area contributed by atoms with Crippen LogP contribution in [-0.2, 0) is 29.7 Å². The minimum Gasteiger partial charge on any atom is -0.411 e. The van der Waals surface area contributed by atoms with Crippen molar-refractivity contribution in [3.8, 4) is 0 Å². The lowest BCUT2D eigenvalue weighted by molar-refractivity contribution is 0.130. The highest BCUT2D eigenvalue weighted by atomic mass is 28.5. The maximum Gasteiger partial charge on any atom is 0.480 e. The van der Waals surface area contributed by atoms with Gasteiger partial charge in [0.2, 0.25) is 0 Å². The second-order valence-electron chi connectivity index (χ2n) is 12.3. The summed E-state index contributed by atoms with van der Waals surface area (Å²) >= 11 is 0. The summed E-state index contributed by atoms with van der Waals surface area (Å²) in [7, 11) is -14.4. The molecule has 0 aromatic heterocycles. The van der Waals surface area contributed by atoms with Crippen molar-refractivity contribution in [3.63, 3.8) is 0 Å². The third-order valence-corrected chi connectivity index (χ3v) is 26.1. The first kappa shape index (κ1) is 39.9. The Morgan fingerprint density at radius 2 is 0.894 bits per heavy atom. The summed E-state index contributed by atoms with van der Waals surface area (Å²) in [6, 6.07) is 30.8. The summed E-state index contributed by atoms with van der Waals surface area (Å²) in [4.78, 5) is 0. The minimum absolute atomic E-state index is 0.532. The molecule has 47 heavy (non-hydrogen) atoms. The van der Waals surface area contributed by atoms with Gasteiger partial charge in [-0.15, -0.1) is 0 Å². The number of unbranched alkanes of at least 4 members (excludes halogenated alkanes) is 3. The summed E-state index contributed by atoms with van der Waals surface area (Å²) < 4.78 is 48.5. The van der Waals surface area contributed by atoms with E-state index in [1.54, 1.807) is 0 Å². The molecule has 12 heteroatoms. The van der Waals surface area contributed by atoms with Gasteiger partial charge in [-0.2, -0.15) is 0 Å². The monoisotopic (exact) mass is 729 g/mol. The predicted molar refractivity (Wildman–Crippen MR) is 203 cm³/mol. The highest BCUT2D eigenvalue weighted by Gasteiger charge is 2.55. The number of rotatable bonds is 23. The summed E-state index contributed by atoms with van der Waals surface area (Å²) in [5.74, 6) is 0. The quantitative estimate of drug-likeness (QED) is 0.0761. The first-order chi connectivity index (χ1) is 22.5. The molecule has 0 saturated carbocycles. The first-order valence-corrected chi connectivity index (χ1v) is 28.2. The molecule has 259 valence electrons. The highest BCUT2D eigenvalue weighted by molar-refractivity contribution is 6.97. The molecule has 0 aliphatic heterocycles. The van der Waals surface area contributed by atoms with Gasteiger partial charge in [-0.25, -0.2) is 0 Å². The van der Waals surface area contributed by atoms with Gasteiger partial charge in [-0.1, -0.05) is 131 Å². The SMILES string of the molecule is CCCCO[Si](C)O[Si](C)(O[Si](C)(O[Si](C)(OCCCC)O[Si](C)(OCCCC)c1ccccc1)c1ccccc1)c1ccccc1. The Morgan fingerprint density at radius 3 is 1.38 bits per heavy atom. The summed E-state index contributed by atoms with van der Waals surface area (Å²) in [5.41, 5.74) is 0. The van der Waals surface area contributed by atoms with E-state index in [4.69, 9.17) is 29.7 Å². The number of hydrogen-bond donors (Lipinski definition) is 0. The first-order valence-electron chi connectivity index (χ1n) is 17.2. The maximum atomic E-state index is 7.42. The van der Waals surface area contributed by atoms with E-state index in [2.05, 4.69) is 83.4 Å². The fourth-order valence-electron chi connectivity index (χ4n) is 5.31. The smallest absolute Gasteiger partial charge is 0.411 e. The van der Waals surface area contributed by atoms with Crippen LogP contribution in [0.1, 0.15) is 59.3 Å². The van der Waals surface area contributed by atoms with Crippen molar-refractivity contribution in [1.82, 2.24) is 0 Å². The van der Waals surface area contributed by atoms with E-state index >= 15 is 0 Å². The van der Waals surface area contributed by atoms with Crippen LogP contribution >= 0.6 is 0 Å². The van der Waals surface area contributed by atoms with Gasteiger partial charge in [0.15, 0.2) is 0 Å². The number of benzene rings is 3. The summed E-state index contributed by atoms with van der Waals surface area (Å²) in [6.45, 7) is 18.7. The van der Waals surface area contributed by atoms with Crippen LogP contribution in [0.2, 0.25) is 32.7 Å². The van der Waals surface area contributed by atoms with Gasteiger partial charge in [0.1, 0.15) is 0 Å². The lowest BCUT2D eigenvalue weighted by Gasteiger charge is -2.44. The molecular weight excluding hydrogens is 673 g/mol. The van der Waals surface area contributed by atoms with Crippen LogP contribution in [0.4, 0.5) is 0 Å².